The van der Waals surface area contributed by atoms with Crippen LogP contribution in [0, 0.1) is 5.41 Å². The van der Waals surface area contributed by atoms with Crippen molar-refractivity contribution in [3.63, 3.8) is 0 Å². The Balaban J connectivity index is 1.64. The zero-order valence-electron chi connectivity index (χ0n) is 17.2. The maximum absolute atomic E-state index is 5.23. The molecule has 3 nitrogen and oxygen atoms in total. The first kappa shape index (κ1) is 19.7. The minimum absolute atomic E-state index is 0.623. The van der Waals surface area contributed by atoms with Gasteiger partial charge in [0.05, 0.1) is 6.61 Å². The van der Waals surface area contributed by atoms with Crippen LogP contribution in [0.15, 0.2) is 24.3 Å². The second-order valence-electron chi connectivity index (χ2n) is 8.36. The summed E-state index contributed by atoms with van der Waals surface area (Å²) in [5, 5.41) is 0. The van der Waals surface area contributed by atoms with Gasteiger partial charge in [0.1, 0.15) is 0 Å². The first-order valence-electron chi connectivity index (χ1n) is 10.8. The number of para-hydroxylation sites is 1. The normalized spacial score (nSPS) is 21.9. The predicted molar refractivity (Wildman–Crippen MR) is 111 cm³/mol. The fourth-order valence-electron chi connectivity index (χ4n) is 5.05. The third kappa shape index (κ3) is 4.43. The van der Waals surface area contributed by atoms with E-state index in [4.69, 9.17) is 4.74 Å². The van der Waals surface area contributed by atoms with Crippen LogP contribution in [-0.2, 0) is 4.74 Å². The molecule has 26 heavy (non-hydrogen) atoms. The second-order valence-corrected chi connectivity index (χ2v) is 8.36. The predicted octanol–water partition coefficient (Wildman–Crippen LogP) is 4.92. The van der Waals surface area contributed by atoms with Crippen LogP contribution in [0.1, 0.15) is 63.9 Å². The Bertz CT molecular complexity index is 537. The van der Waals surface area contributed by atoms with Gasteiger partial charge in [0, 0.05) is 45.5 Å². The van der Waals surface area contributed by atoms with E-state index >= 15 is 0 Å². The van der Waals surface area contributed by atoms with E-state index in [-0.39, 0.29) is 0 Å². The number of benzene rings is 1. The van der Waals surface area contributed by atoms with Gasteiger partial charge in [-0.25, -0.2) is 0 Å². The third-order valence-electron chi connectivity index (χ3n) is 7.25. The quantitative estimate of drug-likeness (QED) is 0.688. The molecule has 1 aromatic rings. The Hall–Kier alpha value is -1.06. The maximum atomic E-state index is 5.23. The summed E-state index contributed by atoms with van der Waals surface area (Å²) in [7, 11) is 1.79. The molecular weight excluding hydrogens is 320 g/mol. The zero-order valence-corrected chi connectivity index (χ0v) is 17.2. The molecule has 0 unspecified atom stereocenters. The van der Waals surface area contributed by atoms with Crippen molar-refractivity contribution in [2.45, 2.75) is 58.3 Å². The van der Waals surface area contributed by atoms with Gasteiger partial charge < -0.3 is 9.64 Å². The van der Waals surface area contributed by atoms with Gasteiger partial charge in [-0.05, 0) is 48.6 Å². The van der Waals surface area contributed by atoms with Crippen LogP contribution >= 0.6 is 0 Å². The van der Waals surface area contributed by atoms with E-state index in [1.165, 1.54) is 44.2 Å². The number of nitrogens with zero attached hydrogens (tertiary/aromatic N) is 2. The highest BCUT2D eigenvalue weighted by Crippen LogP contribution is 2.48. The van der Waals surface area contributed by atoms with Crippen molar-refractivity contribution >= 4 is 5.69 Å². The number of rotatable bonds is 7. The van der Waals surface area contributed by atoms with Crippen molar-refractivity contribution in [2.75, 3.05) is 51.3 Å². The van der Waals surface area contributed by atoms with Crippen molar-refractivity contribution in [2.24, 2.45) is 5.41 Å². The summed E-state index contributed by atoms with van der Waals surface area (Å²) in [4.78, 5) is 5.15. The van der Waals surface area contributed by atoms with Gasteiger partial charge in [-0.2, -0.15) is 0 Å². The smallest absolute Gasteiger partial charge is 0.0589 e. The first-order chi connectivity index (χ1) is 12.7. The van der Waals surface area contributed by atoms with Crippen LogP contribution in [0.5, 0.6) is 0 Å². The Morgan fingerprint density at radius 1 is 1.00 bits per heavy atom. The summed E-state index contributed by atoms with van der Waals surface area (Å²) in [6, 6.07) is 9.24. The lowest BCUT2D eigenvalue weighted by molar-refractivity contribution is 0.144. The van der Waals surface area contributed by atoms with Crippen molar-refractivity contribution in [1.29, 1.82) is 0 Å². The molecule has 0 radical (unpaired) electrons. The maximum Gasteiger partial charge on any atom is 0.0589 e. The van der Waals surface area contributed by atoms with Gasteiger partial charge in [0.15, 0.2) is 0 Å². The third-order valence-corrected chi connectivity index (χ3v) is 7.25. The Morgan fingerprint density at radius 3 is 2.27 bits per heavy atom. The number of methoxy groups -OCH3 is 1. The average molecular weight is 359 g/mol. The van der Waals surface area contributed by atoms with Crippen LogP contribution in [0.3, 0.4) is 0 Å². The van der Waals surface area contributed by atoms with E-state index in [9.17, 15) is 0 Å². The van der Waals surface area contributed by atoms with E-state index in [1.807, 2.05) is 0 Å². The Morgan fingerprint density at radius 2 is 1.65 bits per heavy atom. The van der Waals surface area contributed by atoms with E-state index in [0.29, 0.717) is 5.41 Å². The molecule has 3 heteroatoms. The van der Waals surface area contributed by atoms with Crippen LogP contribution in [-0.4, -0.2) is 51.3 Å². The van der Waals surface area contributed by atoms with Crippen LogP contribution < -0.4 is 4.90 Å². The standard InChI is InChI=1S/C23H38N2O/c1-4-23(5-2)12-10-20(11-13-23)21-8-6-7-9-22(21)25-16-14-24(15-17-25)18-19-26-3/h6-9,20H,4-5,10-19H2,1-3H3. The summed E-state index contributed by atoms with van der Waals surface area (Å²) in [5.74, 6) is 0.754. The average Bonchev–Trinajstić information content (AvgIpc) is 2.73. The largest absolute Gasteiger partial charge is 0.383 e. The molecule has 2 aliphatic rings. The number of hydrogen-bond donors (Lipinski definition) is 0. The lowest BCUT2D eigenvalue weighted by Crippen LogP contribution is -2.47. The van der Waals surface area contributed by atoms with Crippen molar-refractivity contribution in [3.05, 3.63) is 29.8 Å². The molecule has 1 saturated heterocycles. The van der Waals surface area contributed by atoms with Crippen LogP contribution in [0.2, 0.25) is 0 Å². The zero-order chi connectivity index (χ0) is 18.4. The summed E-state index contributed by atoms with van der Waals surface area (Å²) in [6.45, 7) is 11.3. The lowest BCUT2D eigenvalue weighted by atomic mass is 9.66. The van der Waals surface area contributed by atoms with Crippen molar-refractivity contribution in [3.8, 4) is 0 Å². The number of hydrogen-bond acceptors (Lipinski definition) is 3. The minimum atomic E-state index is 0.623. The van der Waals surface area contributed by atoms with Gasteiger partial charge in [-0.1, -0.05) is 44.9 Å². The molecule has 0 aromatic heterocycles. The summed E-state index contributed by atoms with van der Waals surface area (Å²) < 4.78 is 5.23. The monoisotopic (exact) mass is 358 g/mol. The first-order valence-corrected chi connectivity index (χ1v) is 10.8. The van der Waals surface area contributed by atoms with E-state index in [0.717, 1.165) is 45.2 Å². The van der Waals surface area contributed by atoms with Gasteiger partial charge in [-0.3, -0.25) is 4.90 Å². The molecule has 0 bridgehead atoms. The minimum Gasteiger partial charge on any atom is -0.383 e. The highest BCUT2D eigenvalue weighted by molar-refractivity contribution is 5.55. The summed E-state index contributed by atoms with van der Waals surface area (Å²) >= 11 is 0. The van der Waals surface area contributed by atoms with Gasteiger partial charge in [-0.15, -0.1) is 0 Å². The molecule has 1 heterocycles. The van der Waals surface area contributed by atoms with Crippen LogP contribution in [0.4, 0.5) is 5.69 Å². The molecule has 1 aliphatic heterocycles. The fourth-order valence-corrected chi connectivity index (χ4v) is 5.05. The number of piperazine rings is 1. The molecule has 146 valence electrons. The van der Waals surface area contributed by atoms with Gasteiger partial charge in [0.2, 0.25) is 0 Å². The fraction of sp³-hybridized carbons (Fsp3) is 0.739. The molecule has 2 fully saturated rings. The molecule has 0 amide bonds. The summed E-state index contributed by atoms with van der Waals surface area (Å²) in [6.07, 6.45) is 8.25. The molecule has 0 N–H and O–H groups in total. The highest BCUT2D eigenvalue weighted by atomic mass is 16.5. The lowest BCUT2D eigenvalue weighted by Gasteiger charge is -2.41. The molecule has 0 atom stereocenters. The summed E-state index contributed by atoms with van der Waals surface area (Å²) in [5.41, 5.74) is 3.74. The van der Waals surface area contributed by atoms with Crippen LogP contribution in [0.25, 0.3) is 0 Å². The molecule has 1 aliphatic carbocycles. The van der Waals surface area contributed by atoms with Crippen molar-refractivity contribution < 1.29 is 4.74 Å². The number of ether oxygens (including phenoxy) is 1. The molecule has 1 aromatic carbocycles. The van der Waals surface area contributed by atoms with Gasteiger partial charge in [0.25, 0.3) is 0 Å². The topological polar surface area (TPSA) is 15.7 Å². The van der Waals surface area contributed by atoms with E-state index < -0.39 is 0 Å². The van der Waals surface area contributed by atoms with E-state index in [1.54, 1.807) is 12.7 Å². The SMILES string of the molecule is CCC1(CC)CCC(c2ccccc2N2CCN(CCOC)CC2)CC1. The Kier molecular flexibility index (Phi) is 6.99. The van der Waals surface area contributed by atoms with Crippen molar-refractivity contribution in [1.82, 2.24) is 4.90 Å². The van der Waals surface area contributed by atoms with E-state index in [2.05, 4.69) is 47.9 Å². The molecule has 1 saturated carbocycles. The molecule has 0 spiro atoms. The molecule has 3 rings (SSSR count). The highest BCUT2D eigenvalue weighted by Gasteiger charge is 2.33. The molecular formula is C23H38N2O. The second kappa shape index (κ2) is 9.23. The number of anilines is 1. The van der Waals surface area contributed by atoms with Gasteiger partial charge >= 0.3 is 0 Å². The Labute approximate surface area is 160 Å².